The van der Waals surface area contributed by atoms with Crippen molar-refractivity contribution in [1.29, 1.82) is 0 Å². The van der Waals surface area contributed by atoms with Crippen molar-refractivity contribution >= 4 is 17.2 Å². The predicted molar refractivity (Wildman–Crippen MR) is 76.3 cm³/mol. The van der Waals surface area contributed by atoms with E-state index in [2.05, 4.69) is 0 Å². The average molecular weight is 265 g/mol. The van der Waals surface area contributed by atoms with Crippen molar-refractivity contribution in [3.8, 4) is 11.5 Å². The Balaban J connectivity index is 2.10. The fourth-order valence-electron chi connectivity index (χ4n) is 2.34. The van der Waals surface area contributed by atoms with Crippen LogP contribution in [0, 0.1) is 5.92 Å². The van der Waals surface area contributed by atoms with Crippen LogP contribution in [-0.4, -0.2) is 18.7 Å². The molecule has 1 aliphatic carbocycles. The molecule has 0 bridgehead atoms. The first-order valence-electron chi connectivity index (χ1n) is 6.31. The van der Waals surface area contributed by atoms with Gasteiger partial charge in [0.05, 0.1) is 19.3 Å². The minimum absolute atomic E-state index is 0.360. The smallest absolute Gasteiger partial charge is 0.133 e. The molecule has 1 aromatic carbocycles. The zero-order valence-electron chi connectivity index (χ0n) is 10.6. The van der Waals surface area contributed by atoms with Crippen molar-refractivity contribution in [3.63, 3.8) is 0 Å². The molecule has 18 heavy (non-hydrogen) atoms. The highest BCUT2D eigenvalue weighted by atomic mass is 32.1. The molecule has 0 radical (unpaired) electrons. The van der Waals surface area contributed by atoms with Gasteiger partial charge in [0, 0.05) is 6.07 Å². The van der Waals surface area contributed by atoms with Crippen molar-refractivity contribution in [2.24, 2.45) is 11.7 Å². The molecule has 0 atom stereocenters. The number of benzene rings is 1. The van der Waals surface area contributed by atoms with Gasteiger partial charge in [-0.05, 0) is 30.9 Å². The molecule has 0 amide bonds. The highest BCUT2D eigenvalue weighted by Crippen LogP contribution is 2.29. The molecule has 1 fully saturated rings. The number of hydrogen-bond acceptors (Lipinski definition) is 3. The van der Waals surface area contributed by atoms with Gasteiger partial charge in [0.1, 0.15) is 16.5 Å². The van der Waals surface area contributed by atoms with Crippen LogP contribution in [-0.2, 0) is 0 Å². The van der Waals surface area contributed by atoms with Crippen LogP contribution in [0.5, 0.6) is 11.5 Å². The van der Waals surface area contributed by atoms with Gasteiger partial charge in [-0.3, -0.25) is 0 Å². The van der Waals surface area contributed by atoms with E-state index in [9.17, 15) is 0 Å². The topological polar surface area (TPSA) is 44.5 Å². The Morgan fingerprint density at radius 1 is 1.39 bits per heavy atom. The van der Waals surface area contributed by atoms with Gasteiger partial charge in [0.2, 0.25) is 0 Å². The molecule has 2 N–H and O–H groups in total. The number of thiocarbonyl (C=S) groups is 1. The van der Waals surface area contributed by atoms with Gasteiger partial charge in [0.25, 0.3) is 0 Å². The van der Waals surface area contributed by atoms with E-state index in [1.165, 1.54) is 25.7 Å². The van der Waals surface area contributed by atoms with Crippen LogP contribution in [0.25, 0.3) is 0 Å². The van der Waals surface area contributed by atoms with E-state index in [4.69, 9.17) is 27.4 Å². The molecule has 0 unspecified atom stereocenters. The second kappa shape index (κ2) is 6.05. The summed E-state index contributed by atoms with van der Waals surface area (Å²) in [6.07, 6.45) is 5.14. The van der Waals surface area contributed by atoms with Gasteiger partial charge < -0.3 is 15.2 Å². The zero-order chi connectivity index (χ0) is 13.0. The Bertz CT molecular complexity index is 428. The van der Waals surface area contributed by atoms with Crippen LogP contribution in [0.15, 0.2) is 18.2 Å². The van der Waals surface area contributed by atoms with E-state index < -0.39 is 0 Å². The normalized spacial score (nSPS) is 15.6. The van der Waals surface area contributed by atoms with Gasteiger partial charge in [-0.25, -0.2) is 0 Å². The van der Waals surface area contributed by atoms with Crippen molar-refractivity contribution in [2.75, 3.05) is 13.7 Å². The van der Waals surface area contributed by atoms with Gasteiger partial charge in [0.15, 0.2) is 0 Å². The minimum atomic E-state index is 0.360. The van der Waals surface area contributed by atoms with Crippen LogP contribution in [0.4, 0.5) is 0 Å². The van der Waals surface area contributed by atoms with Crippen LogP contribution < -0.4 is 15.2 Å². The first kappa shape index (κ1) is 13.1. The van der Waals surface area contributed by atoms with Crippen LogP contribution >= 0.6 is 12.2 Å². The van der Waals surface area contributed by atoms with Gasteiger partial charge >= 0.3 is 0 Å². The van der Waals surface area contributed by atoms with Crippen molar-refractivity contribution in [1.82, 2.24) is 0 Å². The van der Waals surface area contributed by atoms with Gasteiger partial charge in [-0.1, -0.05) is 25.1 Å². The highest BCUT2D eigenvalue weighted by molar-refractivity contribution is 7.80. The Morgan fingerprint density at radius 2 is 2.11 bits per heavy atom. The van der Waals surface area contributed by atoms with E-state index in [0.29, 0.717) is 10.9 Å². The number of rotatable bonds is 5. The summed E-state index contributed by atoms with van der Waals surface area (Å²) in [7, 11) is 1.64. The molecule has 98 valence electrons. The Labute approximate surface area is 113 Å². The third kappa shape index (κ3) is 3.13. The van der Waals surface area contributed by atoms with E-state index in [0.717, 1.165) is 23.7 Å². The monoisotopic (exact) mass is 265 g/mol. The van der Waals surface area contributed by atoms with Crippen LogP contribution in [0.3, 0.4) is 0 Å². The Kier molecular flexibility index (Phi) is 4.42. The predicted octanol–water partition coefficient (Wildman–Crippen LogP) is 2.90. The summed E-state index contributed by atoms with van der Waals surface area (Å²) in [5.41, 5.74) is 6.48. The molecule has 0 aromatic heterocycles. The molecular formula is C14H19NO2S. The van der Waals surface area contributed by atoms with Crippen molar-refractivity contribution < 1.29 is 9.47 Å². The van der Waals surface area contributed by atoms with Gasteiger partial charge in [-0.15, -0.1) is 0 Å². The summed E-state index contributed by atoms with van der Waals surface area (Å²) >= 11 is 5.04. The fourth-order valence-corrected chi connectivity index (χ4v) is 2.51. The molecule has 0 heterocycles. The Hall–Kier alpha value is -1.29. The number of hydrogen-bond donors (Lipinski definition) is 1. The maximum atomic E-state index is 5.88. The third-order valence-corrected chi connectivity index (χ3v) is 3.62. The molecule has 1 aliphatic rings. The molecule has 1 saturated carbocycles. The second-order valence-electron chi connectivity index (χ2n) is 4.69. The third-order valence-electron chi connectivity index (χ3n) is 3.40. The maximum Gasteiger partial charge on any atom is 0.133 e. The van der Waals surface area contributed by atoms with Gasteiger partial charge in [-0.2, -0.15) is 0 Å². The highest BCUT2D eigenvalue weighted by Gasteiger charge is 2.17. The summed E-state index contributed by atoms with van der Waals surface area (Å²) < 4.78 is 11.1. The number of methoxy groups -OCH3 is 1. The quantitative estimate of drug-likeness (QED) is 0.831. The summed E-state index contributed by atoms with van der Waals surface area (Å²) in [6, 6.07) is 5.55. The molecule has 2 rings (SSSR count). The van der Waals surface area contributed by atoms with Crippen LogP contribution in [0.1, 0.15) is 31.2 Å². The summed E-state index contributed by atoms with van der Waals surface area (Å²) in [4.78, 5) is 0.360. The number of nitrogens with two attached hydrogens (primary N) is 1. The lowest BCUT2D eigenvalue weighted by molar-refractivity contribution is 0.250. The van der Waals surface area contributed by atoms with E-state index >= 15 is 0 Å². The second-order valence-corrected chi connectivity index (χ2v) is 5.13. The molecule has 0 saturated heterocycles. The fraction of sp³-hybridized carbons (Fsp3) is 0.500. The molecule has 3 nitrogen and oxygen atoms in total. The summed E-state index contributed by atoms with van der Waals surface area (Å²) in [6.45, 7) is 0.739. The summed E-state index contributed by atoms with van der Waals surface area (Å²) in [5.74, 6) is 2.15. The zero-order valence-corrected chi connectivity index (χ0v) is 11.5. The van der Waals surface area contributed by atoms with Crippen molar-refractivity contribution in [2.45, 2.75) is 25.7 Å². The maximum absolute atomic E-state index is 5.88. The molecule has 4 heteroatoms. The molecule has 0 aliphatic heterocycles. The van der Waals surface area contributed by atoms with Crippen LogP contribution in [0.2, 0.25) is 0 Å². The first-order valence-corrected chi connectivity index (χ1v) is 6.72. The van der Waals surface area contributed by atoms with E-state index in [1.54, 1.807) is 7.11 Å². The lowest BCUT2D eigenvalue weighted by Gasteiger charge is -2.15. The molecule has 1 aromatic rings. The number of ether oxygens (including phenoxy) is 2. The standard InChI is InChI=1S/C14H19NO2S/c1-16-11-6-7-12(14(15)18)13(8-11)17-9-10-4-2-3-5-10/h6-8,10H,2-5,9H2,1H3,(H2,15,18). The minimum Gasteiger partial charge on any atom is -0.497 e. The summed E-state index contributed by atoms with van der Waals surface area (Å²) in [5, 5.41) is 0. The largest absolute Gasteiger partial charge is 0.497 e. The first-order chi connectivity index (χ1) is 8.70. The van der Waals surface area contributed by atoms with E-state index in [1.807, 2.05) is 18.2 Å². The molecule has 0 spiro atoms. The SMILES string of the molecule is COc1ccc(C(N)=S)c(OCC2CCCC2)c1. The molecular weight excluding hydrogens is 246 g/mol. The van der Waals surface area contributed by atoms with E-state index in [-0.39, 0.29) is 0 Å². The average Bonchev–Trinajstić information content (AvgIpc) is 2.88. The lowest BCUT2D eigenvalue weighted by atomic mass is 10.1. The Morgan fingerprint density at radius 3 is 2.72 bits per heavy atom. The van der Waals surface area contributed by atoms with Crippen molar-refractivity contribution in [3.05, 3.63) is 23.8 Å². The lowest BCUT2D eigenvalue weighted by Crippen LogP contribution is -2.14.